The van der Waals surface area contributed by atoms with Crippen LogP contribution in [0.25, 0.3) is 11.1 Å². The maximum absolute atomic E-state index is 13.0. The summed E-state index contributed by atoms with van der Waals surface area (Å²) >= 11 is 1.57. The first-order valence-electron chi connectivity index (χ1n) is 8.97. The lowest BCUT2D eigenvalue weighted by Crippen LogP contribution is -2.47. The quantitative estimate of drug-likeness (QED) is 0.710. The SMILES string of the molecule is Cc1ccc2oc(N3C[C@H]4CC[C@@H](C3)N(Cc3cscn3)C4=O)nc2c1. The standard InChI is InChI=1S/C19H20N4O2S/c1-12-2-5-17-16(6-12)21-19(25-17)22-7-13-3-4-15(9-22)23(18(13)24)8-14-10-26-11-20-14/h2,5-6,10-11,13,15H,3-4,7-9H2,1H3/t13-,15+/m1/s1. The highest BCUT2D eigenvalue weighted by Crippen LogP contribution is 2.33. The predicted octanol–water partition coefficient (Wildman–Crippen LogP) is 3.22. The van der Waals surface area contributed by atoms with E-state index in [2.05, 4.69) is 21.8 Å². The monoisotopic (exact) mass is 368 g/mol. The van der Waals surface area contributed by atoms with Crippen LogP contribution in [0.1, 0.15) is 24.1 Å². The van der Waals surface area contributed by atoms with Gasteiger partial charge in [0.05, 0.1) is 23.7 Å². The Labute approximate surface area is 155 Å². The average molecular weight is 368 g/mol. The van der Waals surface area contributed by atoms with E-state index in [0.717, 1.165) is 41.7 Å². The van der Waals surface area contributed by atoms with Gasteiger partial charge in [-0.15, -0.1) is 11.3 Å². The second-order valence-electron chi connectivity index (χ2n) is 7.25. The molecule has 0 N–H and O–H groups in total. The van der Waals surface area contributed by atoms with Gasteiger partial charge in [-0.1, -0.05) is 6.07 Å². The van der Waals surface area contributed by atoms with Gasteiger partial charge in [0, 0.05) is 24.5 Å². The Balaban J connectivity index is 1.44. The van der Waals surface area contributed by atoms with E-state index in [1.807, 2.05) is 34.0 Å². The normalized spacial score (nSPS) is 23.0. The number of carbonyl (C=O) groups is 1. The number of piperidine rings is 1. The highest BCUT2D eigenvalue weighted by molar-refractivity contribution is 7.07. The number of rotatable bonds is 3. The number of hydrogen-bond donors (Lipinski definition) is 0. The average Bonchev–Trinajstić information content (AvgIpc) is 3.21. The largest absolute Gasteiger partial charge is 0.423 e. The highest BCUT2D eigenvalue weighted by Gasteiger charge is 2.41. The minimum atomic E-state index is 0.00383. The fourth-order valence-corrected chi connectivity index (χ4v) is 4.61. The lowest BCUT2D eigenvalue weighted by Gasteiger charge is -2.35. The topological polar surface area (TPSA) is 62.5 Å². The molecule has 6 rings (SSSR count). The number of fused-ring (bicyclic) bond motifs is 5. The smallest absolute Gasteiger partial charge is 0.298 e. The van der Waals surface area contributed by atoms with Crippen molar-refractivity contribution in [1.29, 1.82) is 0 Å². The fraction of sp³-hybridized carbons (Fsp3) is 0.421. The Kier molecular flexibility index (Phi) is 3.70. The van der Waals surface area contributed by atoms with E-state index < -0.39 is 0 Å². The molecule has 2 atom stereocenters. The van der Waals surface area contributed by atoms with Gasteiger partial charge in [0.2, 0.25) is 5.91 Å². The number of thiazole rings is 1. The number of benzene rings is 1. The molecule has 3 aliphatic rings. The summed E-state index contributed by atoms with van der Waals surface area (Å²) < 4.78 is 5.99. The van der Waals surface area contributed by atoms with E-state index in [9.17, 15) is 4.79 Å². The van der Waals surface area contributed by atoms with Crippen molar-refractivity contribution in [2.45, 2.75) is 32.4 Å². The summed E-state index contributed by atoms with van der Waals surface area (Å²) in [6.07, 6.45) is 1.96. The van der Waals surface area contributed by atoms with Gasteiger partial charge in [0.1, 0.15) is 5.52 Å². The van der Waals surface area contributed by atoms with Gasteiger partial charge in [0.25, 0.3) is 6.01 Å². The summed E-state index contributed by atoms with van der Waals surface area (Å²) in [4.78, 5) is 26.1. The van der Waals surface area contributed by atoms with Crippen molar-refractivity contribution >= 4 is 34.4 Å². The number of carbonyl (C=O) groups excluding carboxylic acids is 1. The number of hydrogen-bond acceptors (Lipinski definition) is 6. The van der Waals surface area contributed by atoms with Gasteiger partial charge >= 0.3 is 0 Å². The first kappa shape index (κ1) is 15.8. The molecule has 1 aromatic carbocycles. The van der Waals surface area contributed by atoms with Crippen molar-refractivity contribution < 1.29 is 9.21 Å². The number of aromatic nitrogens is 2. The molecule has 3 saturated heterocycles. The van der Waals surface area contributed by atoms with Crippen LogP contribution in [0.15, 0.2) is 33.5 Å². The van der Waals surface area contributed by atoms with Crippen molar-refractivity contribution in [2.75, 3.05) is 18.0 Å². The summed E-state index contributed by atoms with van der Waals surface area (Å²) in [5, 5.41) is 2.02. The van der Waals surface area contributed by atoms with Crippen LogP contribution >= 0.6 is 11.3 Å². The number of amides is 1. The molecule has 2 bridgehead atoms. The van der Waals surface area contributed by atoms with Gasteiger partial charge in [0.15, 0.2) is 5.58 Å². The molecule has 2 aromatic heterocycles. The Morgan fingerprint density at radius 1 is 1.31 bits per heavy atom. The Bertz CT molecular complexity index is 952. The number of oxazole rings is 1. The molecule has 6 nitrogen and oxygen atoms in total. The van der Waals surface area contributed by atoms with Crippen LogP contribution in [0.2, 0.25) is 0 Å². The van der Waals surface area contributed by atoms with Crippen molar-refractivity contribution in [3.8, 4) is 0 Å². The van der Waals surface area contributed by atoms with Crippen molar-refractivity contribution in [1.82, 2.24) is 14.9 Å². The van der Waals surface area contributed by atoms with Crippen LogP contribution in [0.3, 0.4) is 0 Å². The van der Waals surface area contributed by atoms with Crippen LogP contribution in [0.5, 0.6) is 0 Å². The molecule has 3 fully saturated rings. The number of anilines is 1. The Hall–Kier alpha value is -2.41. The van der Waals surface area contributed by atoms with Crippen molar-refractivity contribution in [3.63, 3.8) is 0 Å². The minimum absolute atomic E-state index is 0.00383. The molecule has 1 amide bonds. The maximum Gasteiger partial charge on any atom is 0.298 e. The molecule has 3 aliphatic heterocycles. The van der Waals surface area contributed by atoms with Crippen molar-refractivity contribution in [2.24, 2.45) is 5.92 Å². The van der Waals surface area contributed by atoms with Crippen LogP contribution in [-0.4, -0.2) is 39.9 Å². The van der Waals surface area contributed by atoms with Crippen LogP contribution in [0, 0.1) is 12.8 Å². The zero-order valence-electron chi connectivity index (χ0n) is 14.6. The summed E-state index contributed by atoms with van der Waals surface area (Å²) in [6.45, 7) is 4.09. The van der Waals surface area contributed by atoms with Gasteiger partial charge in [-0.25, -0.2) is 4.98 Å². The molecule has 5 heterocycles. The molecule has 0 radical (unpaired) electrons. The first-order valence-corrected chi connectivity index (χ1v) is 9.91. The van der Waals surface area contributed by atoms with Gasteiger partial charge in [-0.2, -0.15) is 4.98 Å². The number of aryl methyl sites for hydroxylation is 1. The van der Waals surface area contributed by atoms with Crippen LogP contribution < -0.4 is 4.90 Å². The first-order chi connectivity index (χ1) is 12.7. The fourth-order valence-electron chi connectivity index (χ4n) is 4.06. The molecular formula is C19H20N4O2S. The van der Waals surface area contributed by atoms with E-state index >= 15 is 0 Å². The second-order valence-corrected chi connectivity index (χ2v) is 7.97. The van der Waals surface area contributed by atoms with Gasteiger partial charge < -0.3 is 14.2 Å². The molecule has 0 spiro atoms. The molecule has 134 valence electrons. The van der Waals surface area contributed by atoms with E-state index in [1.165, 1.54) is 0 Å². The summed E-state index contributed by atoms with van der Waals surface area (Å²) in [5.74, 6) is 0.243. The third-order valence-corrected chi connectivity index (χ3v) is 6.05. The molecule has 26 heavy (non-hydrogen) atoms. The lowest BCUT2D eigenvalue weighted by molar-refractivity contribution is -0.140. The molecule has 0 aliphatic carbocycles. The third-order valence-electron chi connectivity index (χ3n) is 5.41. The summed E-state index contributed by atoms with van der Waals surface area (Å²) in [5.41, 5.74) is 5.63. The van der Waals surface area contributed by atoms with Crippen LogP contribution in [-0.2, 0) is 11.3 Å². The predicted molar refractivity (Wildman–Crippen MR) is 100 cm³/mol. The molecule has 0 unspecified atom stereocenters. The lowest BCUT2D eigenvalue weighted by atomic mass is 9.94. The molecule has 3 aromatic rings. The minimum Gasteiger partial charge on any atom is -0.423 e. The summed E-state index contributed by atoms with van der Waals surface area (Å²) in [7, 11) is 0. The Morgan fingerprint density at radius 3 is 3.08 bits per heavy atom. The molecule has 0 saturated carbocycles. The van der Waals surface area contributed by atoms with Gasteiger partial charge in [-0.05, 0) is 37.5 Å². The van der Waals surface area contributed by atoms with E-state index in [4.69, 9.17) is 4.42 Å². The second kappa shape index (κ2) is 6.09. The van der Waals surface area contributed by atoms with Crippen LogP contribution in [0.4, 0.5) is 6.01 Å². The van der Waals surface area contributed by atoms with E-state index in [-0.39, 0.29) is 17.9 Å². The molecular weight excluding hydrogens is 348 g/mol. The third kappa shape index (κ3) is 2.67. The van der Waals surface area contributed by atoms with Crippen molar-refractivity contribution in [3.05, 3.63) is 40.3 Å². The Morgan fingerprint density at radius 2 is 2.23 bits per heavy atom. The zero-order chi connectivity index (χ0) is 17.7. The zero-order valence-corrected chi connectivity index (χ0v) is 15.4. The highest BCUT2D eigenvalue weighted by atomic mass is 32.1. The van der Waals surface area contributed by atoms with E-state index in [0.29, 0.717) is 19.1 Å². The van der Waals surface area contributed by atoms with E-state index in [1.54, 1.807) is 11.3 Å². The maximum atomic E-state index is 13.0. The summed E-state index contributed by atoms with van der Waals surface area (Å²) in [6, 6.07) is 6.84. The molecule has 7 heteroatoms. The number of nitrogens with zero attached hydrogens (tertiary/aromatic N) is 4. The van der Waals surface area contributed by atoms with Gasteiger partial charge in [-0.3, -0.25) is 4.79 Å².